The number of rotatable bonds is 28. The summed E-state index contributed by atoms with van der Waals surface area (Å²) >= 11 is 1.79. The average molecular weight is 639 g/mol. The summed E-state index contributed by atoms with van der Waals surface area (Å²) in [6.45, 7) is 9.83. The Hall–Kier alpha value is -2.40. The number of hydrogen-bond acceptors (Lipinski definition) is 5. The molecule has 5 heteroatoms. The fraction of sp³-hybridized carbons (Fsp3) is 0.625. The van der Waals surface area contributed by atoms with Crippen LogP contribution >= 0.6 is 11.8 Å². The zero-order chi connectivity index (χ0) is 32.4. The van der Waals surface area contributed by atoms with Crippen LogP contribution in [0.5, 0.6) is 17.2 Å². The van der Waals surface area contributed by atoms with Gasteiger partial charge in [-0.2, -0.15) is 0 Å². The minimum atomic E-state index is -0.0498. The van der Waals surface area contributed by atoms with E-state index in [1.54, 1.807) is 17.8 Å². The lowest BCUT2D eigenvalue weighted by Gasteiger charge is -2.20. The summed E-state index contributed by atoms with van der Waals surface area (Å²) in [7, 11) is 0. The zero-order valence-electron chi connectivity index (χ0n) is 29.0. The molecule has 0 aliphatic rings. The van der Waals surface area contributed by atoms with Crippen molar-refractivity contribution in [3.8, 4) is 17.2 Å². The predicted molar refractivity (Wildman–Crippen MR) is 195 cm³/mol. The molecule has 0 aromatic heterocycles. The summed E-state index contributed by atoms with van der Waals surface area (Å²) in [6.07, 6.45) is 26.8. The Morgan fingerprint density at radius 2 is 1.11 bits per heavy atom. The minimum Gasteiger partial charge on any atom is -0.493 e. The third-order valence-corrected chi connectivity index (χ3v) is 9.20. The molecule has 0 aliphatic heterocycles. The van der Waals surface area contributed by atoms with Crippen molar-refractivity contribution in [2.75, 3.05) is 25.6 Å². The molecule has 0 saturated heterocycles. The van der Waals surface area contributed by atoms with Crippen LogP contribution in [0, 0.1) is 0 Å². The van der Waals surface area contributed by atoms with E-state index in [1.807, 2.05) is 63.2 Å². The molecule has 0 radical (unpaired) electrons. The molecule has 0 heterocycles. The number of carbonyl (C=O) groups is 1. The number of benzene rings is 2. The van der Waals surface area contributed by atoms with Gasteiger partial charge in [0.1, 0.15) is 5.75 Å². The van der Waals surface area contributed by atoms with Crippen molar-refractivity contribution in [3.63, 3.8) is 0 Å². The lowest BCUT2D eigenvalue weighted by molar-refractivity contribution is 0.104. The number of allylic oxidation sites excluding steroid dienone is 1. The quantitative estimate of drug-likeness (QED) is 0.0401. The molecular weight excluding hydrogens is 577 g/mol. The standard InChI is InChI=1S/C40H62O4S/c1-5-9-10-11-12-13-14-15-16-17-18-19-20-21-22-23-27-32-45-40-37(42-6-2)33-35(38(43-7-3)39(40)44-8-4)30-31-36(41)34-28-25-24-26-29-34/h24-26,28-31,33H,5-23,27,32H2,1-4H3. The summed E-state index contributed by atoms with van der Waals surface area (Å²) in [6, 6.07) is 11.3. The molecule has 2 aromatic rings. The van der Waals surface area contributed by atoms with Crippen LogP contribution in [0.15, 0.2) is 47.4 Å². The molecule has 252 valence electrons. The monoisotopic (exact) mass is 638 g/mol. The Bertz CT molecular complexity index is 1070. The molecule has 4 nitrogen and oxygen atoms in total. The van der Waals surface area contributed by atoms with Crippen LogP contribution in [-0.4, -0.2) is 31.4 Å². The van der Waals surface area contributed by atoms with Crippen LogP contribution in [0.3, 0.4) is 0 Å². The highest BCUT2D eigenvalue weighted by Gasteiger charge is 2.21. The average Bonchev–Trinajstić information content (AvgIpc) is 3.06. The molecule has 45 heavy (non-hydrogen) atoms. The van der Waals surface area contributed by atoms with Crippen molar-refractivity contribution in [3.05, 3.63) is 53.6 Å². The number of ether oxygens (including phenoxy) is 3. The van der Waals surface area contributed by atoms with Crippen LogP contribution in [-0.2, 0) is 0 Å². The summed E-state index contributed by atoms with van der Waals surface area (Å²) in [4.78, 5) is 13.8. The first-order chi connectivity index (χ1) is 22.2. The topological polar surface area (TPSA) is 44.8 Å². The molecule has 0 atom stereocenters. The van der Waals surface area contributed by atoms with Gasteiger partial charge in [0, 0.05) is 11.1 Å². The normalized spacial score (nSPS) is 11.3. The van der Waals surface area contributed by atoms with Crippen molar-refractivity contribution < 1.29 is 19.0 Å². The van der Waals surface area contributed by atoms with Crippen LogP contribution < -0.4 is 14.2 Å². The molecule has 0 bridgehead atoms. The van der Waals surface area contributed by atoms with E-state index < -0.39 is 0 Å². The van der Waals surface area contributed by atoms with Gasteiger partial charge in [-0.05, 0) is 51.2 Å². The second-order valence-corrected chi connectivity index (χ2v) is 12.9. The smallest absolute Gasteiger partial charge is 0.185 e. The van der Waals surface area contributed by atoms with E-state index in [1.165, 1.54) is 103 Å². The van der Waals surface area contributed by atoms with Crippen molar-refractivity contribution in [1.82, 2.24) is 0 Å². The second-order valence-electron chi connectivity index (χ2n) is 11.8. The maximum Gasteiger partial charge on any atom is 0.185 e. The first-order valence-electron chi connectivity index (χ1n) is 18.2. The van der Waals surface area contributed by atoms with Crippen molar-refractivity contribution in [1.29, 1.82) is 0 Å². The van der Waals surface area contributed by atoms with Gasteiger partial charge in [-0.15, -0.1) is 11.8 Å². The highest BCUT2D eigenvalue weighted by Crippen LogP contribution is 2.47. The fourth-order valence-electron chi connectivity index (χ4n) is 5.58. The zero-order valence-corrected chi connectivity index (χ0v) is 29.8. The maximum atomic E-state index is 12.8. The van der Waals surface area contributed by atoms with Crippen LogP contribution in [0.1, 0.15) is 153 Å². The number of hydrogen-bond donors (Lipinski definition) is 0. The van der Waals surface area contributed by atoms with Gasteiger partial charge in [-0.1, -0.05) is 140 Å². The van der Waals surface area contributed by atoms with Crippen molar-refractivity contribution >= 4 is 23.6 Å². The van der Waals surface area contributed by atoms with Gasteiger partial charge in [0.25, 0.3) is 0 Å². The molecule has 0 unspecified atom stereocenters. The Morgan fingerprint density at radius 3 is 1.62 bits per heavy atom. The van der Waals surface area contributed by atoms with Crippen molar-refractivity contribution in [2.24, 2.45) is 0 Å². The van der Waals surface area contributed by atoms with Gasteiger partial charge in [0.15, 0.2) is 17.3 Å². The third kappa shape index (κ3) is 16.1. The summed E-state index contributed by atoms with van der Waals surface area (Å²) < 4.78 is 18.4. The van der Waals surface area contributed by atoms with Gasteiger partial charge >= 0.3 is 0 Å². The Balaban J connectivity index is 1.80. The van der Waals surface area contributed by atoms with Crippen molar-refractivity contribution in [2.45, 2.75) is 142 Å². The lowest BCUT2D eigenvalue weighted by Crippen LogP contribution is -2.05. The third-order valence-electron chi connectivity index (χ3n) is 8.03. The van der Waals surface area contributed by atoms with E-state index in [0.717, 1.165) is 28.4 Å². The van der Waals surface area contributed by atoms with Crippen LogP contribution in [0.4, 0.5) is 0 Å². The highest BCUT2D eigenvalue weighted by atomic mass is 32.2. The molecule has 0 spiro atoms. The summed E-state index contributed by atoms with van der Waals surface area (Å²) in [5.41, 5.74) is 1.44. The highest BCUT2D eigenvalue weighted by molar-refractivity contribution is 7.99. The molecular formula is C40H62O4S. The molecule has 0 fully saturated rings. The van der Waals surface area contributed by atoms with Crippen LogP contribution in [0.25, 0.3) is 6.08 Å². The second kappa shape index (κ2) is 25.8. The van der Waals surface area contributed by atoms with Gasteiger partial charge in [-0.25, -0.2) is 0 Å². The van der Waals surface area contributed by atoms with Gasteiger partial charge in [-0.3, -0.25) is 4.79 Å². The van der Waals surface area contributed by atoms with Gasteiger partial charge in [0.05, 0.1) is 24.7 Å². The molecule has 2 rings (SSSR count). The lowest BCUT2D eigenvalue weighted by atomic mass is 10.0. The molecule has 2 aromatic carbocycles. The number of carbonyl (C=O) groups excluding carboxylic acids is 1. The SMILES string of the molecule is CCCCCCCCCCCCCCCCCCCSc1c(OCC)cc(C=CC(=O)c2ccccc2)c(OCC)c1OCC. The minimum absolute atomic E-state index is 0.0498. The van der Waals surface area contributed by atoms with E-state index in [0.29, 0.717) is 36.9 Å². The Labute approximate surface area is 280 Å². The number of thioether (sulfide) groups is 1. The van der Waals surface area contributed by atoms with E-state index >= 15 is 0 Å². The fourth-order valence-corrected chi connectivity index (χ4v) is 6.67. The molecule has 0 saturated carbocycles. The Kier molecular flexibility index (Phi) is 22.2. The number of unbranched alkanes of at least 4 members (excludes halogenated alkanes) is 16. The Morgan fingerprint density at radius 1 is 0.622 bits per heavy atom. The van der Waals surface area contributed by atoms with E-state index in [9.17, 15) is 4.79 Å². The van der Waals surface area contributed by atoms with E-state index in [2.05, 4.69) is 6.92 Å². The van der Waals surface area contributed by atoms with Gasteiger partial charge in [0.2, 0.25) is 0 Å². The molecule has 0 N–H and O–H groups in total. The van der Waals surface area contributed by atoms with E-state index in [4.69, 9.17) is 14.2 Å². The molecule has 0 amide bonds. The maximum absolute atomic E-state index is 12.8. The van der Waals surface area contributed by atoms with E-state index in [-0.39, 0.29) is 5.78 Å². The van der Waals surface area contributed by atoms with Crippen LogP contribution in [0.2, 0.25) is 0 Å². The van der Waals surface area contributed by atoms with Gasteiger partial charge < -0.3 is 14.2 Å². The first-order valence-corrected chi connectivity index (χ1v) is 19.1. The number of ketones is 1. The summed E-state index contributed by atoms with van der Waals surface area (Å²) in [5, 5.41) is 0. The first kappa shape index (κ1) is 38.8. The molecule has 0 aliphatic carbocycles. The summed E-state index contributed by atoms with van der Waals surface area (Å²) in [5.74, 6) is 3.13. The predicted octanol–water partition coefficient (Wildman–Crippen LogP) is 12.5. The largest absolute Gasteiger partial charge is 0.493 e.